The predicted octanol–water partition coefficient (Wildman–Crippen LogP) is 4.50. The number of rotatable bonds is 7. The molecule has 4 N–H and O–H groups in total. The lowest BCUT2D eigenvalue weighted by Gasteiger charge is -2.16. The van der Waals surface area contributed by atoms with Crippen LogP contribution in [-0.2, 0) is 0 Å². The van der Waals surface area contributed by atoms with Crippen LogP contribution in [0.1, 0.15) is 26.3 Å². The minimum Gasteiger partial charge on any atom is -0.495 e. The summed E-state index contributed by atoms with van der Waals surface area (Å²) in [6.07, 6.45) is 0. The summed E-state index contributed by atoms with van der Waals surface area (Å²) in [7, 11) is 3.01. The Morgan fingerprint density at radius 2 is 1.59 bits per heavy atom. The maximum Gasteiger partial charge on any atom is 0.249 e. The molecule has 3 aromatic carbocycles. The minimum absolute atomic E-state index is 0.117. The SMILES string of the molecule is COc1cc(OC)c(NC(=S)Nc2ccc(C(N)=O)c(C(=O)c3ccccc3)c2)cc1Cl. The molecule has 0 fully saturated rings. The van der Waals surface area contributed by atoms with Gasteiger partial charge in [-0.2, -0.15) is 0 Å². The van der Waals surface area contributed by atoms with Gasteiger partial charge in [0.25, 0.3) is 0 Å². The number of carbonyl (C=O) groups is 2. The number of carbonyl (C=O) groups excluding carboxylic acids is 2. The molecule has 9 heteroatoms. The Hall–Kier alpha value is -3.62. The summed E-state index contributed by atoms with van der Waals surface area (Å²) in [4.78, 5) is 24.8. The molecule has 3 aromatic rings. The number of primary amides is 1. The van der Waals surface area contributed by atoms with Crippen LogP contribution in [0.5, 0.6) is 11.5 Å². The average molecular weight is 470 g/mol. The van der Waals surface area contributed by atoms with Gasteiger partial charge in [-0.1, -0.05) is 41.9 Å². The molecular formula is C23H20ClN3O4S. The predicted molar refractivity (Wildman–Crippen MR) is 129 cm³/mol. The molecule has 7 nitrogen and oxygen atoms in total. The van der Waals surface area contributed by atoms with Gasteiger partial charge < -0.3 is 25.8 Å². The second kappa shape index (κ2) is 10.1. The molecule has 32 heavy (non-hydrogen) atoms. The molecule has 1 amide bonds. The van der Waals surface area contributed by atoms with Gasteiger partial charge in [-0.25, -0.2) is 0 Å². The van der Waals surface area contributed by atoms with E-state index in [0.717, 1.165) is 0 Å². The largest absolute Gasteiger partial charge is 0.495 e. The number of hydrogen-bond donors (Lipinski definition) is 3. The van der Waals surface area contributed by atoms with Gasteiger partial charge in [-0.15, -0.1) is 0 Å². The van der Waals surface area contributed by atoms with E-state index >= 15 is 0 Å². The first-order valence-corrected chi connectivity index (χ1v) is 10.2. The number of benzene rings is 3. The molecule has 0 atom stereocenters. The highest BCUT2D eigenvalue weighted by atomic mass is 35.5. The molecule has 0 heterocycles. The van der Waals surface area contributed by atoms with Crippen molar-refractivity contribution in [3.8, 4) is 11.5 Å². The van der Waals surface area contributed by atoms with Crippen LogP contribution in [0.25, 0.3) is 0 Å². The zero-order valence-electron chi connectivity index (χ0n) is 17.3. The van der Waals surface area contributed by atoms with Crippen LogP contribution in [0.2, 0.25) is 5.02 Å². The van der Waals surface area contributed by atoms with Gasteiger partial charge in [-0.3, -0.25) is 9.59 Å². The Balaban J connectivity index is 1.86. The second-order valence-corrected chi connectivity index (χ2v) is 7.40. The second-order valence-electron chi connectivity index (χ2n) is 6.59. The highest BCUT2D eigenvalue weighted by molar-refractivity contribution is 7.80. The Morgan fingerprint density at radius 1 is 0.906 bits per heavy atom. The van der Waals surface area contributed by atoms with E-state index in [1.165, 1.54) is 26.4 Å². The maximum atomic E-state index is 13.0. The third-order valence-electron chi connectivity index (χ3n) is 4.55. The van der Waals surface area contributed by atoms with Gasteiger partial charge in [0.1, 0.15) is 11.5 Å². The molecule has 0 bridgehead atoms. The molecule has 0 aliphatic carbocycles. The third-order valence-corrected chi connectivity index (χ3v) is 5.05. The molecule has 3 rings (SSSR count). The molecule has 0 radical (unpaired) electrons. The summed E-state index contributed by atoms with van der Waals surface area (Å²) in [5.74, 6) is -0.0989. The number of hydrogen-bond acceptors (Lipinski definition) is 5. The number of halogens is 1. The van der Waals surface area contributed by atoms with Gasteiger partial charge in [0.15, 0.2) is 10.9 Å². The van der Waals surface area contributed by atoms with Gasteiger partial charge in [-0.05, 0) is 36.5 Å². The molecule has 0 saturated heterocycles. The van der Waals surface area contributed by atoms with E-state index in [1.807, 2.05) is 0 Å². The summed E-state index contributed by atoms with van der Waals surface area (Å²) >= 11 is 11.6. The van der Waals surface area contributed by atoms with Crippen LogP contribution in [-0.4, -0.2) is 31.0 Å². The number of thiocarbonyl (C=S) groups is 1. The number of amides is 1. The number of methoxy groups -OCH3 is 2. The van der Waals surface area contributed by atoms with Crippen LogP contribution in [0.15, 0.2) is 60.7 Å². The van der Waals surface area contributed by atoms with Gasteiger partial charge in [0.05, 0.1) is 30.5 Å². The lowest BCUT2D eigenvalue weighted by atomic mass is 9.97. The summed E-state index contributed by atoms with van der Waals surface area (Å²) in [5.41, 5.74) is 7.20. The zero-order valence-corrected chi connectivity index (χ0v) is 18.8. The van der Waals surface area contributed by atoms with Crippen molar-refractivity contribution in [2.75, 3.05) is 24.9 Å². The number of anilines is 2. The van der Waals surface area contributed by atoms with Crippen LogP contribution < -0.4 is 25.8 Å². The van der Waals surface area contributed by atoms with Crippen LogP contribution in [0, 0.1) is 0 Å². The lowest BCUT2D eigenvalue weighted by Crippen LogP contribution is -2.21. The first-order chi connectivity index (χ1) is 15.3. The first-order valence-electron chi connectivity index (χ1n) is 9.37. The fourth-order valence-electron chi connectivity index (χ4n) is 3.01. The normalized spacial score (nSPS) is 10.2. The molecule has 0 spiro atoms. The summed E-state index contributed by atoms with van der Waals surface area (Å²) in [6.45, 7) is 0. The standard InChI is InChI=1S/C23H20ClN3O4S/c1-30-19-12-20(31-2)18(11-17(19)24)27-23(32)26-14-8-9-15(22(25)29)16(10-14)21(28)13-6-4-3-5-7-13/h3-12H,1-2H3,(H2,25,29)(H2,26,27,32). The molecular weight excluding hydrogens is 450 g/mol. The van der Waals surface area contributed by atoms with E-state index in [4.69, 9.17) is 39.0 Å². The third kappa shape index (κ3) is 5.16. The van der Waals surface area contributed by atoms with Crippen molar-refractivity contribution in [2.24, 2.45) is 5.73 Å². The van der Waals surface area contributed by atoms with Crippen molar-refractivity contribution in [2.45, 2.75) is 0 Å². The smallest absolute Gasteiger partial charge is 0.249 e. The van der Waals surface area contributed by atoms with E-state index in [9.17, 15) is 9.59 Å². The number of ether oxygens (including phenoxy) is 2. The monoisotopic (exact) mass is 469 g/mol. The topological polar surface area (TPSA) is 103 Å². The maximum absolute atomic E-state index is 13.0. The van der Waals surface area contributed by atoms with E-state index in [0.29, 0.717) is 33.5 Å². The fraction of sp³-hybridized carbons (Fsp3) is 0.0870. The van der Waals surface area contributed by atoms with Crippen molar-refractivity contribution >= 4 is 52.0 Å². The number of nitrogens with two attached hydrogens (primary N) is 1. The molecule has 0 aliphatic heterocycles. The first kappa shape index (κ1) is 23.1. The van der Waals surface area contributed by atoms with E-state index in [-0.39, 0.29) is 22.0 Å². The van der Waals surface area contributed by atoms with Crippen molar-refractivity contribution < 1.29 is 19.1 Å². The summed E-state index contributed by atoms with van der Waals surface area (Å²) in [6, 6.07) is 16.5. The summed E-state index contributed by atoms with van der Waals surface area (Å²) < 4.78 is 10.5. The van der Waals surface area contributed by atoms with Crippen LogP contribution in [0.4, 0.5) is 11.4 Å². The molecule has 0 aromatic heterocycles. The number of nitrogens with one attached hydrogen (secondary N) is 2. The van der Waals surface area contributed by atoms with Gasteiger partial charge in [0.2, 0.25) is 5.91 Å². The van der Waals surface area contributed by atoms with Crippen molar-refractivity contribution in [1.82, 2.24) is 0 Å². The molecule has 0 saturated carbocycles. The lowest BCUT2D eigenvalue weighted by molar-refractivity contribution is 0.0981. The highest BCUT2D eigenvalue weighted by Crippen LogP contribution is 2.36. The zero-order chi connectivity index (χ0) is 23.3. The highest BCUT2D eigenvalue weighted by Gasteiger charge is 2.18. The van der Waals surface area contributed by atoms with Gasteiger partial charge in [0, 0.05) is 22.9 Å². The van der Waals surface area contributed by atoms with Crippen LogP contribution in [0.3, 0.4) is 0 Å². The number of ketones is 1. The Morgan fingerprint density at radius 3 is 2.22 bits per heavy atom. The Labute approximate surface area is 195 Å². The fourth-order valence-corrected chi connectivity index (χ4v) is 3.48. The van der Waals surface area contributed by atoms with E-state index < -0.39 is 5.91 Å². The van der Waals surface area contributed by atoms with Crippen LogP contribution >= 0.6 is 23.8 Å². The quantitative estimate of drug-likeness (QED) is 0.346. The van der Waals surface area contributed by atoms with Crippen molar-refractivity contribution in [3.05, 3.63) is 82.4 Å². The Bertz CT molecular complexity index is 1190. The van der Waals surface area contributed by atoms with E-state index in [2.05, 4.69) is 10.6 Å². The summed E-state index contributed by atoms with van der Waals surface area (Å²) in [5, 5.41) is 6.58. The minimum atomic E-state index is -0.700. The molecule has 164 valence electrons. The van der Waals surface area contributed by atoms with Gasteiger partial charge >= 0.3 is 0 Å². The molecule has 0 aliphatic rings. The van der Waals surface area contributed by atoms with Crippen molar-refractivity contribution in [3.63, 3.8) is 0 Å². The Kier molecular flexibility index (Phi) is 7.29. The molecule has 0 unspecified atom stereocenters. The van der Waals surface area contributed by atoms with E-state index in [1.54, 1.807) is 48.5 Å². The van der Waals surface area contributed by atoms with Crippen molar-refractivity contribution in [1.29, 1.82) is 0 Å². The average Bonchev–Trinajstić information content (AvgIpc) is 2.79.